The van der Waals surface area contributed by atoms with Crippen LogP contribution in [0.5, 0.6) is 46.0 Å². The Morgan fingerprint density at radius 3 is 1.68 bits per heavy atom. The summed E-state index contributed by atoms with van der Waals surface area (Å²) in [5.41, 5.74) is 9.14. The molecule has 264 valence electrons. The third-order valence-corrected chi connectivity index (χ3v) is 11.3. The molecule has 0 bridgehead atoms. The van der Waals surface area contributed by atoms with Crippen LogP contribution in [0.2, 0.25) is 0 Å². The molecule has 4 atom stereocenters. The summed E-state index contributed by atoms with van der Waals surface area (Å²) in [7, 11) is 6.80. The Hall–Kier alpha value is -4.80. The maximum absolute atomic E-state index is 10.2. The molecular formula is C40H46N2O8. The number of methoxy groups -OCH3 is 4. The van der Waals surface area contributed by atoms with Gasteiger partial charge in [0.2, 0.25) is 0 Å². The predicted octanol–water partition coefficient (Wildman–Crippen LogP) is 6.66. The van der Waals surface area contributed by atoms with Crippen LogP contribution < -0.4 is 18.9 Å². The third kappa shape index (κ3) is 5.41. The molecule has 0 unspecified atom stereocenters. The number of hydrogen-bond donors (Lipinski definition) is 4. The molecule has 50 heavy (non-hydrogen) atoms. The second-order valence-corrected chi connectivity index (χ2v) is 13.7. The minimum atomic E-state index is -0.0999. The summed E-state index contributed by atoms with van der Waals surface area (Å²) in [6, 6.07) is 15.6. The lowest BCUT2D eigenvalue weighted by Gasteiger charge is -2.45. The fraction of sp³-hybridized carbons (Fsp3) is 0.400. The number of nitrogens with zero attached hydrogens (tertiary/aromatic N) is 2. The van der Waals surface area contributed by atoms with Crippen molar-refractivity contribution in [3.05, 3.63) is 93.0 Å². The van der Waals surface area contributed by atoms with Gasteiger partial charge in [0.15, 0.2) is 46.0 Å². The van der Waals surface area contributed by atoms with Gasteiger partial charge in [-0.1, -0.05) is 26.0 Å². The molecule has 4 N–H and O–H groups in total. The minimum Gasteiger partial charge on any atom is -0.504 e. The molecule has 0 aliphatic carbocycles. The van der Waals surface area contributed by atoms with Gasteiger partial charge in [-0.25, -0.2) is 0 Å². The zero-order chi connectivity index (χ0) is 35.4. The summed E-state index contributed by atoms with van der Waals surface area (Å²) < 4.78 is 22.3. The van der Waals surface area contributed by atoms with Gasteiger partial charge < -0.3 is 39.4 Å². The van der Waals surface area contributed by atoms with E-state index in [0.717, 1.165) is 77.7 Å². The van der Waals surface area contributed by atoms with Crippen molar-refractivity contribution >= 4 is 0 Å². The number of fused-ring (bicyclic) bond motifs is 8. The van der Waals surface area contributed by atoms with Gasteiger partial charge in [-0.15, -0.1) is 0 Å². The van der Waals surface area contributed by atoms with Crippen LogP contribution in [0.1, 0.15) is 82.3 Å². The van der Waals surface area contributed by atoms with Crippen LogP contribution in [0, 0.1) is 0 Å². The molecule has 0 saturated carbocycles. The van der Waals surface area contributed by atoms with Crippen LogP contribution in [0.4, 0.5) is 0 Å². The maximum Gasteiger partial charge on any atom is 0.165 e. The van der Waals surface area contributed by atoms with Crippen molar-refractivity contribution in [2.75, 3.05) is 41.5 Å². The molecule has 0 fully saturated rings. The van der Waals surface area contributed by atoms with E-state index in [1.807, 2.05) is 12.1 Å². The van der Waals surface area contributed by atoms with Gasteiger partial charge in [-0.05, 0) is 82.6 Å². The normalized spacial score (nSPS) is 21.9. The number of rotatable bonds is 4. The summed E-state index contributed by atoms with van der Waals surface area (Å²) in [4.78, 5) is 4.80. The first-order valence-electron chi connectivity index (χ1n) is 17.1. The Bertz CT molecular complexity index is 1940. The number of phenolic OH excluding ortho intramolecular Hbond substituents is 4. The standard InChI is InChI=1S/C22H27NO4.C18H19NO4/c1-13-15-6-7-18(24-2)22(27-5)17(15)12-23-9-8-14-10-19(25-3)20(26-4)11-16(14)21(13)23;1-9-11-2-3-14(20)18(23)13(11)8-19-5-4-10-6-15(21)16(22)7-12(10)17(9)19/h6-7,10-11,13,21H,8-9,12H2,1-5H3;2-3,6-7,9,17,20-23H,4-5,8H2,1H3/t13-,21+;9-,17+/m00/s1. The number of phenols is 4. The van der Waals surface area contributed by atoms with Crippen molar-refractivity contribution in [3.63, 3.8) is 0 Å². The molecule has 0 radical (unpaired) electrons. The average Bonchev–Trinajstić information content (AvgIpc) is 3.12. The monoisotopic (exact) mass is 682 g/mol. The van der Waals surface area contributed by atoms with Crippen LogP contribution in [0.25, 0.3) is 0 Å². The van der Waals surface area contributed by atoms with Gasteiger partial charge in [0.05, 0.1) is 28.4 Å². The van der Waals surface area contributed by atoms with Crippen molar-refractivity contribution in [2.45, 2.75) is 63.7 Å². The summed E-state index contributed by atoms with van der Waals surface area (Å²) in [5.74, 6) is 3.40. The van der Waals surface area contributed by atoms with Crippen molar-refractivity contribution in [3.8, 4) is 46.0 Å². The fourth-order valence-corrected chi connectivity index (χ4v) is 8.86. The Kier molecular flexibility index (Phi) is 8.86. The van der Waals surface area contributed by atoms with Gasteiger partial charge >= 0.3 is 0 Å². The highest BCUT2D eigenvalue weighted by molar-refractivity contribution is 5.57. The predicted molar refractivity (Wildman–Crippen MR) is 189 cm³/mol. The van der Waals surface area contributed by atoms with E-state index in [-0.39, 0.29) is 35.0 Å². The average molecular weight is 683 g/mol. The molecule has 4 aromatic rings. The van der Waals surface area contributed by atoms with E-state index >= 15 is 0 Å². The SMILES string of the molecule is COc1cc2c(cc1OC)[C@H]1[C@@H](C)c3ccc(OC)c(OC)c3CN1CC2.C[C@H]1c2ccc(O)c(O)c2CN2CCc3cc(O)c(O)cc3[C@@H]12. The quantitative estimate of drug-likeness (QED) is 0.174. The Morgan fingerprint density at radius 1 is 0.540 bits per heavy atom. The van der Waals surface area contributed by atoms with Crippen LogP contribution >= 0.6 is 0 Å². The number of benzene rings is 4. The minimum absolute atomic E-state index is 0.0350. The molecule has 10 nitrogen and oxygen atoms in total. The van der Waals surface area contributed by atoms with E-state index < -0.39 is 0 Å². The first-order chi connectivity index (χ1) is 24.1. The number of ether oxygens (including phenoxy) is 4. The Balaban J connectivity index is 0.000000159. The van der Waals surface area contributed by atoms with Gasteiger partial charge in [-0.3, -0.25) is 9.80 Å². The van der Waals surface area contributed by atoms with E-state index in [4.69, 9.17) is 18.9 Å². The zero-order valence-corrected chi connectivity index (χ0v) is 29.5. The van der Waals surface area contributed by atoms with E-state index in [9.17, 15) is 20.4 Å². The van der Waals surface area contributed by atoms with Crippen molar-refractivity contribution < 1.29 is 39.4 Å². The first-order valence-corrected chi connectivity index (χ1v) is 17.1. The molecule has 8 rings (SSSR count). The van der Waals surface area contributed by atoms with Crippen molar-refractivity contribution in [1.82, 2.24) is 9.80 Å². The highest BCUT2D eigenvalue weighted by Crippen LogP contribution is 2.52. The lowest BCUT2D eigenvalue weighted by molar-refractivity contribution is 0.136. The van der Waals surface area contributed by atoms with Gasteiger partial charge in [0.1, 0.15) is 0 Å². The van der Waals surface area contributed by atoms with Crippen molar-refractivity contribution in [1.29, 1.82) is 0 Å². The van der Waals surface area contributed by atoms with Crippen LogP contribution in [-0.4, -0.2) is 71.8 Å². The highest BCUT2D eigenvalue weighted by Gasteiger charge is 2.40. The van der Waals surface area contributed by atoms with E-state index in [1.165, 1.54) is 28.3 Å². The van der Waals surface area contributed by atoms with Crippen LogP contribution in [-0.2, 0) is 25.9 Å². The highest BCUT2D eigenvalue weighted by atomic mass is 16.5. The molecule has 0 saturated heterocycles. The zero-order valence-electron chi connectivity index (χ0n) is 29.5. The third-order valence-electron chi connectivity index (χ3n) is 11.3. The van der Waals surface area contributed by atoms with Gasteiger partial charge in [-0.2, -0.15) is 0 Å². The van der Waals surface area contributed by atoms with Crippen molar-refractivity contribution in [2.24, 2.45) is 0 Å². The summed E-state index contributed by atoms with van der Waals surface area (Å²) in [5, 5.41) is 39.6. The van der Waals surface area contributed by atoms with Gasteiger partial charge in [0.25, 0.3) is 0 Å². The summed E-state index contributed by atoms with van der Waals surface area (Å²) in [6.45, 7) is 7.63. The first kappa shape index (κ1) is 33.7. The molecule has 4 aliphatic rings. The molecule has 4 heterocycles. The summed E-state index contributed by atoms with van der Waals surface area (Å²) >= 11 is 0. The number of hydrogen-bond acceptors (Lipinski definition) is 10. The topological polar surface area (TPSA) is 124 Å². The second kappa shape index (κ2) is 13.2. The van der Waals surface area contributed by atoms with Crippen LogP contribution in [0.3, 0.4) is 0 Å². The van der Waals surface area contributed by atoms with Gasteiger partial charge in [0, 0.05) is 61.2 Å². The lowest BCUT2D eigenvalue weighted by Crippen LogP contribution is -2.41. The fourth-order valence-electron chi connectivity index (χ4n) is 8.86. The summed E-state index contributed by atoms with van der Waals surface area (Å²) in [6.07, 6.45) is 1.78. The molecule has 0 aromatic heterocycles. The molecule has 10 heteroatoms. The second-order valence-electron chi connectivity index (χ2n) is 13.7. The Labute approximate surface area is 293 Å². The molecule has 0 amide bonds. The van der Waals surface area contributed by atoms with Crippen LogP contribution in [0.15, 0.2) is 48.5 Å². The van der Waals surface area contributed by atoms with E-state index in [0.29, 0.717) is 18.5 Å². The van der Waals surface area contributed by atoms with E-state index in [2.05, 4.69) is 41.8 Å². The lowest BCUT2D eigenvalue weighted by atomic mass is 9.77. The molecule has 4 aliphatic heterocycles. The smallest absolute Gasteiger partial charge is 0.165 e. The molecular weight excluding hydrogens is 636 g/mol. The van der Waals surface area contributed by atoms with E-state index in [1.54, 1.807) is 40.6 Å². The molecule has 0 spiro atoms. The molecule has 4 aromatic carbocycles. The Morgan fingerprint density at radius 2 is 1.06 bits per heavy atom. The maximum atomic E-state index is 10.2. The largest absolute Gasteiger partial charge is 0.504 e. The number of aromatic hydroxyl groups is 4.